The van der Waals surface area contributed by atoms with Gasteiger partial charge in [0.25, 0.3) is 0 Å². The minimum absolute atomic E-state index is 0.0230. The van der Waals surface area contributed by atoms with Crippen molar-refractivity contribution in [1.29, 1.82) is 0 Å². The lowest BCUT2D eigenvalue weighted by Gasteiger charge is -2.26. The molecule has 0 aromatic heterocycles. The summed E-state index contributed by atoms with van der Waals surface area (Å²) in [6, 6.07) is -4.25. The standard InChI is InChI=1S/C20H37N5O6S2/c1-11(2)9-15(25-17(27)12(21)10-16(22)26)19(29)23-13(5-7-32-3)18(28)24-14(20(30)31)6-8-33-4/h11-15H,5-10,21H2,1-4H3,(H2,22,26)(H,23,29)(H,24,28)(H,25,27)(H,30,31). The van der Waals surface area contributed by atoms with E-state index in [0.29, 0.717) is 11.5 Å². The Kier molecular flexibility index (Phi) is 15.6. The van der Waals surface area contributed by atoms with Crippen LogP contribution in [0.25, 0.3) is 0 Å². The van der Waals surface area contributed by atoms with Gasteiger partial charge in [-0.05, 0) is 49.2 Å². The smallest absolute Gasteiger partial charge is 0.326 e. The SMILES string of the molecule is CSCCC(NC(=O)C(CCSC)NC(=O)C(CC(C)C)NC(=O)C(N)CC(N)=O)C(=O)O. The zero-order valence-electron chi connectivity index (χ0n) is 19.6. The van der Waals surface area contributed by atoms with Crippen molar-refractivity contribution in [2.45, 2.75) is 63.7 Å². The van der Waals surface area contributed by atoms with Gasteiger partial charge in [-0.15, -0.1) is 0 Å². The van der Waals surface area contributed by atoms with Crippen molar-refractivity contribution in [3.8, 4) is 0 Å². The lowest BCUT2D eigenvalue weighted by atomic mass is 10.0. The lowest BCUT2D eigenvalue weighted by Crippen LogP contribution is -2.57. The van der Waals surface area contributed by atoms with Gasteiger partial charge in [-0.3, -0.25) is 19.2 Å². The first-order valence-corrected chi connectivity index (χ1v) is 13.4. The largest absolute Gasteiger partial charge is 0.480 e. The number of carboxylic acids is 1. The molecular weight excluding hydrogens is 470 g/mol. The highest BCUT2D eigenvalue weighted by Crippen LogP contribution is 2.09. The summed E-state index contributed by atoms with van der Waals surface area (Å²) >= 11 is 2.93. The normalized spacial score (nSPS) is 14.6. The maximum Gasteiger partial charge on any atom is 0.326 e. The van der Waals surface area contributed by atoms with Crippen LogP contribution in [0.3, 0.4) is 0 Å². The van der Waals surface area contributed by atoms with Crippen molar-refractivity contribution in [1.82, 2.24) is 16.0 Å². The van der Waals surface area contributed by atoms with Crippen LogP contribution in [-0.4, -0.2) is 82.9 Å². The van der Waals surface area contributed by atoms with E-state index < -0.39 is 53.8 Å². The Morgan fingerprint density at radius 1 is 0.818 bits per heavy atom. The zero-order valence-corrected chi connectivity index (χ0v) is 21.2. The number of hydrogen-bond acceptors (Lipinski definition) is 8. The topological polar surface area (TPSA) is 194 Å². The molecule has 0 aliphatic rings. The number of nitrogens with two attached hydrogens (primary N) is 2. The fourth-order valence-corrected chi connectivity index (χ4v) is 3.78. The second-order valence-corrected chi connectivity index (χ2v) is 9.96. The Morgan fingerprint density at radius 3 is 1.73 bits per heavy atom. The van der Waals surface area contributed by atoms with E-state index in [1.54, 1.807) is 0 Å². The number of hydrogen-bond donors (Lipinski definition) is 6. The van der Waals surface area contributed by atoms with Crippen LogP contribution in [0.5, 0.6) is 0 Å². The number of nitrogens with one attached hydrogen (secondary N) is 3. The van der Waals surface area contributed by atoms with Gasteiger partial charge in [0.2, 0.25) is 23.6 Å². The summed E-state index contributed by atoms with van der Waals surface area (Å²) in [6.07, 6.45) is 4.10. The number of primary amides is 1. The third kappa shape index (κ3) is 13.3. The summed E-state index contributed by atoms with van der Waals surface area (Å²) in [5.41, 5.74) is 10.7. The average Bonchev–Trinajstić information content (AvgIpc) is 2.71. The molecule has 0 aromatic carbocycles. The van der Waals surface area contributed by atoms with Gasteiger partial charge >= 0.3 is 5.97 Å². The number of carbonyl (C=O) groups excluding carboxylic acids is 4. The van der Waals surface area contributed by atoms with E-state index in [-0.39, 0.29) is 31.6 Å². The van der Waals surface area contributed by atoms with Gasteiger partial charge in [-0.25, -0.2) is 4.79 Å². The van der Waals surface area contributed by atoms with Crippen LogP contribution in [0.1, 0.15) is 39.5 Å². The van der Waals surface area contributed by atoms with Crippen LogP contribution in [0.15, 0.2) is 0 Å². The van der Waals surface area contributed by atoms with Crippen molar-refractivity contribution < 1.29 is 29.1 Å². The predicted octanol–water partition coefficient (Wildman–Crippen LogP) is -0.720. The van der Waals surface area contributed by atoms with Gasteiger partial charge < -0.3 is 32.5 Å². The molecule has 4 atom stereocenters. The molecular formula is C20H37N5O6S2. The Hall–Kier alpha value is -1.99. The second-order valence-electron chi connectivity index (χ2n) is 7.99. The summed E-state index contributed by atoms with van der Waals surface area (Å²) in [5, 5.41) is 17.0. The summed E-state index contributed by atoms with van der Waals surface area (Å²) in [7, 11) is 0. The van der Waals surface area contributed by atoms with Crippen molar-refractivity contribution in [3.05, 3.63) is 0 Å². The van der Waals surface area contributed by atoms with Crippen molar-refractivity contribution in [3.63, 3.8) is 0 Å². The molecule has 0 fully saturated rings. The van der Waals surface area contributed by atoms with Crippen molar-refractivity contribution in [2.24, 2.45) is 17.4 Å². The molecule has 0 rings (SSSR count). The Morgan fingerprint density at radius 2 is 1.27 bits per heavy atom. The first-order chi connectivity index (χ1) is 15.4. The van der Waals surface area contributed by atoms with Crippen LogP contribution < -0.4 is 27.4 Å². The predicted molar refractivity (Wildman–Crippen MR) is 131 cm³/mol. The lowest BCUT2D eigenvalue weighted by molar-refractivity contribution is -0.142. The van der Waals surface area contributed by atoms with Gasteiger partial charge in [0.05, 0.1) is 12.5 Å². The van der Waals surface area contributed by atoms with E-state index in [4.69, 9.17) is 11.5 Å². The van der Waals surface area contributed by atoms with E-state index >= 15 is 0 Å². The average molecular weight is 508 g/mol. The second kappa shape index (κ2) is 16.6. The molecule has 11 nitrogen and oxygen atoms in total. The molecule has 0 saturated heterocycles. The quantitative estimate of drug-likeness (QED) is 0.147. The van der Waals surface area contributed by atoms with E-state index in [9.17, 15) is 29.1 Å². The fourth-order valence-electron chi connectivity index (χ4n) is 2.83. The monoisotopic (exact) mass is 507 g/mol. The molecule has 0 saturated carbocycles. The maximum absolute atomic E-state index is 13.0. The molecule has 190 valence electrons. The highest BCUT2D eigenvalue weighted by molar-refractivity contribution is 7.98. The summed E-state index contributed by atoms with van der Waals surface area (Å²) in [6.45, 7) is 3.72. The third-order valence-corrected chi connectivity index (χ3v) is 5.85. The molecule has 4 amide bonds. The molecule has 0 radical (unpaired) electrons. The Balaban J connectivity index is 5.43. The number of thioether (sulfide) groups is 2. The molecule has 13 heteroatoms. The van der Waals surface area contributed by atoms with Crippen LogP contribution in [0.2, 0.25) is 0 Å². The number of rotatable bonds is 17. The summed E-state index contributed by atoms with van der Waals surface area (Å²) in [4.78, 5) is 60.6. The zero-order chi connectivity index (χ0) is 25.6. The molecule has 8 N–H and O–H groups in total. The molecule has 4 unspecified atom stereocenters. The van der Waals surface area contributed by atoms with Gasteiger partial charge in [0, 0.05) is 0 Å². The molecule has 0 spiro atoms. The molecule has 0 aromatic rings. The maximum atomic E-state index is 13.0. The van der Waals surface area contributed by atoms with Gasteiger partial charge in [-0.2, -0.15) is 23.5 Å². The molecule has 0 bridgehead atoms. The number of carboxylic acid groups (broad SMARTS) is 1. The molecule has 33 heavy (non-hydrogen) atoms. The van der Waals surface area contributed by atoms with Gasteiger partial charge in [0.15, 0.2) is 0 Å². The van der Waals surface area contributed by atoms with E-state index in [2.05, 4.69) is 16.0 Å². The van der Waals surface area contributed by atoms with Crippen LogP contribution >= 0.6 is 23.5 Å². The van der Waals surface area contributed by atoms with E-state index in [1.807, 2.05) is 26.4 Å². The minimum atomic E-state index is -1.20. The number of amides is 4. The Bertz CT molecular complexity index is 679. The van der Waals surface area contributed by atoms with Crippen molar-refractivity contribution >= 4 is 53.1 Å². The highest BCUT2D eigenvalue weighted by Gasteiger charge is 2.30. The Labute approximate surface area is 203 Å². The van der Waals surface area contributed by atoms with Crippen molar-refractivity contribution in [2.75, 3.05) is 24.0 Å². The fraction of sp³-hybridized carbons (Fsp3) is 0.750. The van der Waals surface area contributed by atoms with Crippen LogP contribution in [-0.2, 0) is 24.0 Å². The van der Waals surface area contributed by atoms with E-state index in [0.717, 1.165) is 0 Å². The molecule has 0 aliphatic carbocycles. The minimum Gasteiger partial charge on any atom is -0.480 e. The third-order valence-electron chi connectivity index (χ3n) is 4.57. The number of aliphatic carboxylic acids is 1. The summed E-state index contributed by atoms with van der Waals surface area (Å²) in [5.74, 6) is -2.69. The molecule has 0 aliphatic heterocycles. The molecule has 0 heterocycles. The summed E-state index contributed by atoms with van der Waals surface area (Å²) < 4.78 is 0. The van der Waals surface area contributed by atoms with Crippen LogP contribution in [0, 0.1) is 5.92 Å². The van der Waals surface area contributed by atoms with Crippen LogP contribution in [0.4, 0.5) is 0 Å². The van der Waals surface area contributed by atoms with Gasteiger partial charge in [0.1, 0.15) is 18.1 Å². The first-order valence-electron chi connectivity index (χ1n) is 10.6. The first kappa shape index (κ1) is 31.0. The van der Waals surface area contributed by atoms with Gasteiger partial charge in [-0.1, -0.05) is 13.8 Å². The number of carbonyl (C=O) groups is 5. The van der Waals surface area contributed by atoms with E-state index in [1.165, 1.54) is 23.5 Å². The highest BCUT2D eigenvalue weighted by atomic mass is 32.2.